The normalized spacial score (nSPS) is 24.9. The Morgan fingerprint density at radius 1 is 1.25 bits per heavy atom. The molecule has 0 bridgehead atoms. The molecule has 0 aromatic heterocycles. The zero-order valence-electron chi connectivity index (χ0n) is 10.4. The van der Waals surface area contributed by atoms with Gasteiger partial charge in [-0.3, -0.25) is 0 Å². The molecule has 88 valence electrons. The minimum Gasteiger partial charge on any atom is -0.393 e. The van der Waals surface area contributed by atoms with E-state index in [9.17, 15) is 5.11 Å². The SMILES string of the molecule is Cc1ccc(C)c(CCC2CCCC2O)c1. The van der Waals surface area contributed by atoms with Gasteiger partial charge < -0.3 is 5.11 Å². The van der Waals surface area contributed by atoms with Gasteiger partial charge in [-0.2, -0.15) is 0 Å². The van der Waals surface area contributed by atoms with E-state index in [0.29, 0.717) is 5.92 Å². The number of hydrogen-bond donors (Lipinski definition) is 1. The predicted octanol–water partition coefficient (Wildman–Crippen LogP) is 3.40. The second kappa shape index (κ2) is 5.01. The molecule has 0 radical (unpaired) electrons. The number of aryl methyl sites for hydroxylation is 3. The van der Waals surface area contributed by atoms with Crippen molar-refractivity contribution in [1.82, 2.24) is 0 Å². The van der Waals surface area contributed by atoms with Crippen LogP contribution in [-0.2, 0) is 6.42 Å². The van der Waals surface area contributed by atoms with Crippen LogP contribution in [0.25, 0.3) is 0 Å². The van der Waals surface area contributed by atoms with Crippen molar-refractivity contribution in [2.45, 2.75) is 52.1 Å². The van der Waals surface area contributed by atoms with E-state index in [1.165, 1.54) is 29.5 Å². The topological polar surface area (TPSA) is 20.2 Å². The van der Waals surface area contributed by atoms with Crippen molar-refractivity contribution < 1.29 is 5.11 Å². The van der Waals surface area contributed by atoms with Crippen LogP contribution in [0.2, 0.25) is 0 Å². The molecule has 0 saturated heterocycles. The van der Waals surface area contributed by atoms with Gasteiger partial charge in [0.25, 0.3) is 0 Å². The molecule has 2 atom stereocenters. The van der Waals surface area contributed by atoms with Crippen LogP contribution in [-0.4, -0.2) is 11.2 Å². The van der Waals surface area contributed by atoms with Crippen molar-refractivity contribution in [1.29, 1.82) is 0 Å². The minimum atomic E-state index is -0.0369. The van der Waals surface area contributed by atoms with Gasteiger partial charge in [0.2, 0.25) is 0 Å². The molecule has 0 aliphatic heterocycles. The standard InChI is InChI=1S/C15H22O/c1-11-6-7-12(2)14(10-11)9-8-13-4-3-5-15(13)16/h6-7,10,13,15-16H,3-5,8-9H2,1-2H3. The maximum absolute atomic E-state index is 9.79. The third kappa shape index (κ3) is 2.65. The summed E-state index contributed by atoms with van der Waals surface area (Å²) in [5.74, 6) is 0.542. The monoisotopic (exact) mass is 218 g/mol. The summed E-state index contributed by atoms with van der Waals surface area (Å²) >= 11 is 0. The van der Waals surface area contributed by atoms with E-state index in [1.54, 1.807) is 0 Å². The van der Waals surface area contributed by atoms with Crippen molar-refractivity contribution >= 4 is 0 Å². The summed E-state index contributed by atoms with van der Waals surface area (Å²) < 4.78 is 0. The van der Waals surface area contributed by atoms with Crippen molar-refractivity contribution in [2.75, 3.05) is 0 Å². The molecule has 1 aromatic carbocycles. The Morgan fingerprint density at radius 3 is 2.75 bits per heavy atom. The fraction of sp³-hybridized carbons (Fsp3) is 0.600. The quantitative estimate of drug-likeness (QED) is 0.824. The highest BCUT2D eigenvalue weighted by Crippen LogP contribution is 2.29. The first-order valence-electron chi connectivity index (χ1n) is 6.41. The van der Waals surface area contributed by atoms with E-state index < -0.39 is 0 Å². The van der Waals surface area contributed by atoms with E-state index in [0.717, 1.165) is 19.3 Å². The van der Waals surface area contributed by atoms with Crippen LogP contribution in [0.5, 0.6) is 0 Å². The van der Waals surface area contributed by atoms with Crippen molar-refractivity contribution in [3.63, 3.8) is 0 Å². The van der Waals surface area contributed by atoms with Gasteiger partial charge in [0, 0.05) is 0 Å². The predicted molar refractivity (Wildman–Crippen MR) is 67.6 cm³/mol. The van der Waals surface area contributed by atoms with E-state index in [1.807, 2.05) is 0 Å². The highest BCUT2D eigenvalue weighted by Gasteiger charge is 2.24. The van der Waals surface area contributed by atoms with Crippen LogP contribution < -0.4 is 0 Å². The molecule has 1 aromatic rings. The Morgan fingerprint density at radius 2 is 2.06 bits per heavy atom. The van der Waals surface area contributed by atoms with Crippen LogP contribution in [0.3, 0.4) is 0 Å². The molecule has 16 heavy (non-hydrogen) atoms. The van der Waals surface area contributed by atoms with Crippen LogP contribution in [0.4, 0.5) is 0 Å². The lowest BCUT2D eigenvalue weighted by Gasteiger charge is -2.15. The van der Waals surface area contributed by atoms with E-state index in [-0.39, 0.29) is 6.10 Å². The second-order valence-electron chi connectivity index (χ2n) is 5.23. The summed E-state index contributed by atoms with van der Waals surface area (Å²) in [6.45, 7) is 4.33. The summed E-state index contributed by atoms with van der Waals surface area (Å²) in [6.07, 6.45) is 5.66. The number of hydrogen-bond acceptors (Lipinski definition) is 1. The molecule has 1 aliphatic rings. The first-order chi connectivity index (χ1) is 7.66. The third-order valence-electron chi connectivity index (χ3n) is 3.91. The zero-order chi connectivity index (χ0) is 11.5. The molecule has 0 heterocycles. The van der Waals surface area contributed by atoms with E-state index >= 15 is 0 Å². The Labute approximate surface area is 98.5 Å². The highest BCUT2D eigenvalue weighted by molar-refractivity contribution is 5.30. The van der Waals surface area contributed by atoms with Crippen LogP contribution in [0.15, 0.2) is 18.2 Å². The Balaban J connectivity index is 1.96. The molecule has 1 heteroatoms. The Bertz CT molecular complexity index is 356. The Kier molecular flexibility index (Phi) is 3.65. The van der Waals surface area contributed by atoms with Crippen molar-refractivity contribution in [2.24, 2.45) is 5.92 Å². The molecule has 1 aliphatic carbocycles. The molecule has 2 unspecified atom stereocenters. The zero-order valence-corrected chi connectivity index (χ0v) is 10.4. The Hall–Kier alpha value is -0.820. The molecule has 1 N–H and O–H groups in total. The lowest BCUT2D eigenvalue weighted by Crippen LogP contribution is -2.13. The number of aliphatic hydroxyl groups excluding tert-OH is 1. The molecule has 1 fully saturated rings. The summed E-state index contributed by atoms with van der Waals surface area (Å²) in [5, 5.41) is 9.79. The lowest BCUT2D eigenvalue weighted by atomic mass is 9.94. The molecule has 0 spiro atoms. The van der Waals surface area contributed by atoms with Gasteiger partial charge in [0.05, 0.1) is 6.10 Å². The number of benzene rings is 1. The molecule has 2 rings (SSSR count). The van der Waals surface area contributed by atoms with Crippen LogP contribution >= 0.6 is 0 Å². The van der Waals surface area contributed by atoms with Crippen LogP contribution in [0.1, 0.15) is 42.4 Å². The first kappa shape index (κ1) is 11.7. The molecular weight excluding hydrogens is 196 g/mol. The third-order valence-corrected chi connectivity index (χ3v) is 3.91. The molecule has 1 saturated carbocycles. The van der Waals surface area contributed by atoms with Crippen molar-refractivity contribution in [3.05, 3.63) is 34.9 Å². The van der Waals surface area contributed by atoms with Gasteiger partial charge in [0.1, 0.15) is 0 Å². The molecule has 1 nitrogen and oxygen atoms in total. The number of rotatable bonds is 3. The number of aliphatic hydroxyl groups is 1. The summed E-state index contributed by atoms with van der Waals surface area (Å²) in [7, 11) is 0. The average Bonchev–Trinajstić information content (AvgIpc) is 2.66. The lowest BCUT2D eigenvalue weighted by molar-refractivity contribution is 0.128. The molecule has 0 amide bonds. The van der Waals surface area contributed by atoms with E-state index in [2.05, 4.69) is 32.0 Å². The van der Waals surface area contributed by atoms with Gasteiger partial charge in [-0.15, -0.1) is 0 Å². The molecular formula is C15H22O. The largest absolute Gasteiger partial charge is 0.393 e. The summed E-state index contributed by atoms with van der Waals surface area (Å²) in [6, 6.07) is 6.66. The van der Waals surface area contributed by atoms with Gasteiger partial charge in [-0.1, -0.05) is 30.2 Å². The average molecular weight is 218 g/mol. The smallest absolute Gasteiger partial charge is 0.0568 e. The van der Waals surface area contributed by atoms with Gasteiger partial charge in [-0.25, -0.2) is 0 Å². The maximum Gasteiger partial charge on any atom is 0.0568 e. The van der Waals surface area contributed by atoms with Gasteiger partial charge in [0.15, 0.2) is 0 Å². The second-order valence-corrected chi connectivity index (χ2v) is 5.23. The van der Waals surface area contributed by atoms with Crippen molar-refractivity contribution in [3.8, 4) is 0 Å². The summed E-state index contributed by atoms with van der Waals surface area (Å²) in [5.41, 5.74) is 4.18. The summed E-state index contributed by atoms with van der Waals surface area (Å²) in [4.78, 5) is 0. The maximum atomic E-state index is 9.79. The first-order valence-corrected chi connectivity index (χ1v) is 6.41. The highest BCUT2D eigenvalue weighted by atomic mass is 16.3. The fourth-order valence-electron chi connectivity index (χ4n) is 2.76. The fourth-order valence-corrected chi connectivity index (χ4v) is 2.76. The van der Waals surface area contributed by atoms with E-state index in [4.69, 9.17) is 0 Å². The van der Waals surface area contributed by atoms with Crippen LogP contribution in [0, 0.1) is 19.8 Å². The minimum absolute atomic E-state index is 0.0369. The van der Waals surface area contributed by atoms with Gasteiger partial charge in [-0.05, 0) is 56.6 Å². The van der Waals surface area contributed by atoms with Gasteiger partial charge >= 0.3 is 0 Å².